The van der Waals surface area contributed by atoms with E-state index in [1.54, 1.807) is 0 Å². The Balaban J connectivity index is 1.95. The normalized spacial score (nSPS) is 20.0. The summed E-state index contributed by atoms with van der Waals surface area (Å²) in [5.74, 6) is 0.884. The van der Waals surface area contributed by atoms with Crippen molar-refractivity contribution in [2.75, 3.05) is 13.1 Å². The fraction of sp³-hybridized carbons (Fsp3) is 0.750. The number of hydrogen-bond donors (Lipinski definition) is 1. The number of rotatable bonds is 4. The van der Waals surface area contributed by atoms with Crippen molar-refractivity contribution in [3.05, 3.63) is 10.6 Å². The molecule has 0 aromatic rings. The van der Waals surface area contributed by atoms with Gasteiger partial charge in [0.05, 0.1) is 0 Å². The molecule has 0 heterocycles. The van der Waals surface area contributed by atoms with E-state index in [4.69, 9.17) is 23.2 Å². The third kappa shape index (κ3) is 3.46. The Bertz CT molecular complexity index is 141. The van der Waals surface area contributed by atoms with E-state index in [0.29, 0.717) is 11.6 Å². The summed E-state index contributed by atoms with van der Waals surface area (Å²) in [7, 11) is 0. The van der Waals surface area contributed by atoms with E-state index in [1.807, 2.05) is 0 Å². The molecular formula is C8H13Cl2N. The van der Waals surface area contributed by atoms with Gasteiger partial charge in [-0.05, 0) is 25.3 Å². The highest BCUT2D eigenvalue weighted by Gasteiger charge is 2.16. The lowest BCUT2D eigenvalue weighted by Crippen LogP contribution is -2.28. The van der Waals surface area contributed by atoms with Gasteiger partial charge in [0.15, 0.2) is 0 Å². The third-order valence-corrected chi connectivity index (χ3v) is 2.69. The molecule has 1 aliphatic rings. The van der Waals surface area contributed by atoms with Crippen LogP contribution in [0.3, 0.4) is 0 Å². The van der Waals surface area contributed by atoms with Crippen molar-refractivity contribution < 1.29 is 0 Å². The highest BCUT2D eigenvalue weighted by atomic mass is 35.5. The van der Waals surface area contributed by atoms with Crippen LogP contribution >= 0.6 is 23.2 Å². The molecule has 0 bridgehead atoms. The molecule has 0 aromatic heterocycles. The number of nitrogens with one attached hydrogen (secondary N) is 1. The van der Waals surface area contributed by atoms with Crippen LogP contribution in [-0.2, 0) is 0 Å². The Kier molecular flexibility index (Phi) is 4.28. The summed E-state index contributed by atoms with van der Waals surface area (Å²) in [6.07, 6.45) is 4.13. The molecule has 0 aromatic carbocycles. The molecular weight excluding hydrogens is 181 g/mol. The van der Waals surface area contributed by atoms with Gasteiger partial charge in [0.1, 0.15) is 0 Å². The SMILES string of the molecule is Cl/C=C(/Cl)CNCC1CCC1. The fourth-order valence-electron chi connectivity index (χ4n) is 1.13. The Labute approximate surface area is 77.8 Å². The minimum atomic E-state index is 0.686. The lowest BCUT2D eigenvalue weighted by Gasteiger charge is -2.25. The zero-order valence-corrected chi connectivity index (χ0v) is 7.96. The molecule has 0 unspecified atom stereocenters. The maximum Gasteiger partial charge on any atom is 0.0431 e. The van der Waals surface area contributed by atoms with E-state index in [2.05, 4.69) is 5.32 Å². The van der Waals surface area contributed by atoms with E-state index in [9.17, 15) is 0 Å². The summed E-state index contributed by atoms with van der Waals surface area (Å²) in [6, 6.07) is 0. The molecule has 1 saturated carbocycles. The van der Waals surface area contributed by atoms with E-state index in [-0.39, 0.29) is 0 Å². The number of hydrogen-bond acceptors (Lipinski definition) is 1. The molecule has 0 spiro atoms. The summed E-state index contributed by atoms with van der Waals surface area (Å²) < 4.78 is 0. The zero-order chi connectivity index (χ0) is 8.10. The van der Waals surface area contributed by atoms with Gasteiger partial charge in [-0.1, -0.05) is 29.6 Å². The molecule has 1 aliphatic carbocycles. The van der Waals surface area contributed by atoms with Crippen molar-refractivity contribution in [2.45, 2.75) is 19.3 Å². The van der Waals surface area contributed by atoms with Crippen LogP contribution in [0.1, 0.15) is 19.3 Å². The molecule has 1 N–H and O–H groups in total. The van der Waals surface area contributed by atoms with Crippen LogP contribution in [-0.4, -0.2) is 13.1 Å². The van der Waals surface area contributed by atoms with E-state index < -0.39 is 0 Å². The molecule has 0 radical (unpaired) electrons. The molecule has 64 valence electrons. The lowest BCUT2D eigenvalue weighted by atomic mass is 9.85. The lowest BCUT2D eigenvalue weighted by molar-refractivity contribution is 0.305. The molecule has 1 fully saturated rings. The predicted octanol–water partition coefficient (Wildman–Crippen LogP) is 2.70. The summed E-state index contributed by atoms with van der Waals surface area (Å²) >= 11 is 11.1. The monoisotopic (exact) mass is 193 g/mol. The van der Waals surface area contributed by atoms with Crippen LogP contribution in [0.4, 0.5) is 0 Å². The minimum Gasteiger partial charge on any atom is -0.311 e. The summed E-state index contributed by atoms with van der Waals surface area (Å²) in [4.78, 5) is 0. The van der Waals surface area contributed by atoms with Crippen LogP contribution in [0.25, 0.3) is 0 Å². The molecule has 0 saturated heterocycles. The van der Waals surface area contributed by atoms with Gasteiger partial charge in [-0.3, -0.25) is 0 Å². The number of halogens is 2. The molecule has 0 amide bonds. The summed E-state index contributed by atoms with van der Waals surface area (Å²) in [5, 5.41) is 3.94. The topological polar surface area (TPSA) is 12.0 Å². The van der Waals surface area contributed by atoms with Crippen molar-refractivity contribution >= 4 is 23.2 Å². The van der Waals surface area contributed by atoms with E-state index in [0.717, 1.165) is 12.5 Å². The minimum absolute atomic E-state index is 0.686. The maximum absolute atomic E-state index is 5.68. The average molecular weight is 194 g/mol. The molecule has 0 aliphatic heterocycles. The Morgan fingerprint density at radius 2 is 2.27 bits per heavy atom. The van der Waals surface area contributed by atoms with Gasteiger partial charge in [0.25, 0.3) is 0 Å². The zero-order valence-electron chi connectivity index (χ0n) is 6.45. The smallest absolute Gasteiger partial charge is 0.0431 e. The highest BCUT2D eigenvalue weighted by Crippen LogP contribution is 2.25. The van der Waals surface area contributed by atoms with Gasteiger partial charge in [-0.15, -0.1) is 0 Å². The summed E-state index contributed by atoms with van der Waals surface area (Å²) in [5.41, 5.74) is 1.41. The van der Waals surface area contributed by atoms with E-state index >= 15 is 0 Å². The van der Waals surface area contributed by atoms with Crippen molar-refractivity contribution in [3.63, 3.8) is 0 Å². The molecule has 1 rings (SSSR count). The van der Waals surface area contributed by atoms with Crippen molar-refractivity contribution in [3.8, 4) is 0 Å². The first-order valence-electron chi connectivity index (χ1n) is 3.98. The Morgan fingerprint density at radius 3 is 2.73 bits per heavy atom. The van der Waals surface area contributed by atoms with Crippen LogP contribution in [0.15, 0.2) is 10.6 Å². The fourth-order valence-corrected chi connectivity index (χ4v) is 1.30. The second-order valence-electron chi connectivity index (χ2n) is 2.98. The highest BCUT2D eigenvalue weighted by molar-refractivity contribution is 6.36. The molecule has 1 nitrogen and oxygen atoms in total. The maximum atomic E-state index is 5.68. The van der Waals surface area contributed by atoms with Crippen LogP contribution in [0, 0.1) is 5.92 Å². The first-order valence-corrected chi connectivity index (χ1v) is 4.80. The van der Waals surface area contributed by atoms with Crippen molar-refractivity contribution in [2.24, 2.45) is 5.92 Å². The van der Waals surface area contributed by atoms with Crippen molar-refractivity contribution in [1.29, 1.82) is 0 Å². The second-order valence-corrected chi connectivity index (χ2v) is 3.69. The Hall–Kier alpha value is 0.280. The van der Waals surface area contributed by atoms with Gasteiger partial charge in [0, 0.05) is 17.1 Å². The second kappa shape index (κ2) is 5.02. The van der Waals surface area contributed by atoms with E-state index in [1.165, 1.54) is 24.8 Å². The standard InChI is InChI=1S/C8H13Cl2N/c9-4-8(10)6-11-5-7-2-1-3-7/h4,7,11H,1-3,5-6H2/b8-4+. The molecule has 3 heteroatoms. The predicted molar refractivity (Wildman–Crippen MR) is 50.0 cm³/mol. The van der Waals surface area contributed by atoms with Crippen LogP contribution in [0.2, 0.25) is 0 Å². The van der Waals surface area contributed by atoms with Gasteiger partial charge < -0.3 is 5.32 Å². The van der Waals surface area contributed by atoms with Gasteiger partial charge in [0.2, 0.25) is 0 Å². The van der Waals surface area contributed by atoms with Gasteiger partial charge in [-0.2, -0.15) is 0 Å². The quantitative estimate of drug-likeness (QED) is 0.725. The van der Waals surface area contributed by atoms with Crippen LogP contribution in [0.5, 0.6) is 0 Å². The largest absolute Gasteiger partial charge is 0.311 e. The van der Waals surface area contributed by atoms with Gasteiger partial charge in [-0.25, -0.2) is 0 Å². The summed E-state index contributed by atoms with van der Waals surface area (Å²) in [6.45, 7) is 1.79. The first kappa shape index (κ1) is 9.37. The molecule has 11 heavy (non-hydrogen) atoms. The third-order valence-electron chi connectivity index (χ3n) is 2.07. The molecule has 0 atom stereocenters. The van der Waals surface area contributed by atoms with Crippen LogP contribution < -0.4 is 5.32 Å². The van der Waals surface area contributed by atoms with Gasteiger partial charge >= 0.3 is 0 Å². The first-order chi connectivity index (χ1) is 5.33. The average Bonchev–Trinajstić information content (AvgIpc) is 1.94. The van der Waals surface area contributed by atoms with Crippen molar-refractivity contribution in [1.82, 2.24) is 5.32 Å². The Morgan fingerprint density at radius 1 is 1.55 bits per heavy atom.